The van der Waals surface area contributed by atoms with Crippen LogP contribution < -0.4 is 0 Å². The van der Waals surface area contributed by atoms with Crippen molar-refractivity contribution >= 4 is 7.60 Å². The highest BCUT2D eigenvalue weighted by Gasteiger charge is 2.46. The summed E-state index contributed by atoms with van der Waals surface area (Å²) in [5.41, 5.74) is 1.02. The molecule has 1 aromatic rings. The SMILES string of the molecule is CC(C)(C)P1(=O)OCC(c2ccccc2)O1. The maximum Gasteiger partial charge on any atom is 0.336 e. The summed E-state index contributed by atoms with van der Waals surface area (Å²) in [4.78, 5) is 0. The summed E-state index contributed by atoms with van der Waals surface area (Å²) in [6, 6.07) is 9.76. The zero-order valence-electron chi connectivity index (χ0n) is 9.84. The van der Waals surface area contributed by atoms with Gasteiger partial charge >= 0.3 is 7.60 Å². The normalized spacial score (nSPS) is 30.6. The van der Waals surface area contributed by atoms with E-state index in [-0.39, 0.29) is 6.10 Å². The van der Waals surface area contributed by atoms with E-state index in [1.165, 1.54) is 0 Å². The highest BCUT2D eigenvalue weighted by Crippen LogP contribution is 2.66. The molecule has 16 heavy (non-hydrogen) atoms. The Hall–Kier alpha value is -0.630. The van der Waals surface area contributed by atoms with Crippen LogP contribution >= 0.6 is 7.60 Å². The second-order valence-corrected chi connectivity index (χ2v) is 7.77. The molecule has 1 aliphatic rings. The third-order valence-electron chi connectivity index (χ3n) is 2.65. The molecule has 88 valence electrons. The van der Waals surface area contributed by atoms with Crippen LogP contribution in [0.1, 0.15) is 32.4 Å². The summed E-state index contributed by atoms with van der Waals surface area (Å²) in [6.07, 6.45) is -0.203. The summed E-state index contributed by atoms with van der Waals surface area (Å²) in [7, 11) is -2.98. The molecule has 1 aliphatic heterocycles. The minimum atomic E-state index is -2.98. The quantitative estimate of drug-likeness (QED) is 0.701. The standard InChI is InChI=1S/C12H17O3P/c1-12(2,3)16(13)14-9-11(15-16)10-7-5-4-6-8-10/h4-8,11H,9H2,1-3H3. The molecule has 0 spiro atoms. The summed E-state index contributed by atoms with van der Waals surface area (Å²) < 4.78 is 23.4. The van der Waals surface area contributed by atoms with Crippen LogP contribution in [0.25, 0.3) is 0 Å². The third-order valence-corrected chi connectivity index (χ3v) is 5.32. The Labute approximate surface area is 96.3 Å². The first-order valence-electron chi connectivity index (χ1n) is 5.40. The summed E-state index contributed by atoms with van der Waals surface area (Å²) in [5.74, 6) is 0. The molecule has 0 bridgehead atoms. The molecule has 4 heteroatoms. The van der Waals surface area contributed by atoms with Crippen molar-refractivity contribution < 1.29 is 13.6 Å². The van der Waals surface area contributed by atoms with Crippen molar-refractivity contribution in [2.24, 2.45) is 0 Å². The number of benzene rings is 1. The molecule has 2 rings (SSSR count). The zero-order chi connectivity index (χ0) is 11.8. The Kier molecular flexibility index (Phi) is 2.95. The van der Waals surface area contributed by atoms with E-state index in [2.05, 4.69) is 0 Å². The molecule has 0 N–H and O–H groups in total. The fourth-order valence-electron chi connectivity index (χ4n) is 1.57. The summed E-state index contributed by atoms with van der Waals surface area (Å²) in [6.45, 7) is 6.00. The Morgan fingerprint density at radius 3 is 2.38 bits per heavy atom. The first-order chi connectivity index (χ1) is 7.42. The maximum atomic E-state index is 12.4. The van der Waals surface area contributed by atoms with Gasteiger partial charge in [-0.1, -0.05) is 30.3 Å². The Morgan fingerprint density at radius 2 is 1.88 bits per heavy atom. The topological polar surface area (TPSA) is 35.5 Å². The van der Waals surface area contributed by atoms with Crippen LogP contribution in [0.5, 0.6) is 0 Å². The van der Waals surface area contributed by atoms with Gasteiger partial charge in [0.1, 0.15) is 6.10 Å². The molecule has 0 aromatic heterocycles. The monoisotopic (exact) mass is 240 g/mol. The second-order valence-electron chi connectivity index (χ2n) is 4.97. The fourth-order valence-corrected chi connectivity index (χ4v) is 3.18. The molecule has 1 fully saturated rings. The van der Waals surface area contributed by atoms with Crippen molar-refractivity contribution in [1.82, 2.24) is 0 Å². The lowest BCUT2D eigenvalue weighted by Gasteiger charge is -2.24. The van der Waals surface area contributed by atoms with Crippen molar-refractivity contribution in [2.45, 2.75) is 32.0 Å². The molecule has 0 aliphatic carbocycles. The predicted octanol–water partition coefficient (Wildman–Crippen LogP) is 3.77. The summed E-state index contributed by atoms with van der Waals surface area (Å²) in [5, 5.41) is -0.462. The average Bonchev–Trinajstić information content (AvgIpc) is 2.63. The minimum absolute atomic E-state index is 0.203. The number of rotatable bonds is 1. The van der Waals surface area contributed by atoms with Gasteiger partial charge in [-0.25, -0.2) is 0 Å². The van der Waals surface area contributed by atoms with E-state index in [0.29, 0.717) is 6.61 Å². The third kappa shape index (κ3) is 2.08. The molecule has 1 saturated heterocycles. The maximum absolute atomic E-state index is 12.4. The Bertz CT molecular complexity index is 408. The van der Waals surface area contributed by atoms with Gasteiger partial charge in [-0.05, 0) is 26.3 Å². The molecule has 0 radical (unpaired) electrons. The lowest BCUT2D eigenvalue weighted by atomic mass is 10.1. The van der Waals surface area contributed by atoms with E-state index in [1.54, 1.807) is 0 Å². The van der Waals surface area contributed by atoms with Crippen molar-refractivity contribution in [3.63, 3.8) is 0 Å². The van der Waals surface area contributed by atoms with Gasteiger partial charge in [-0.2, -0.15) is 0 Å². The van der Waals surface area contributed by atoms with Crippen LogP contribution in [-0.2, 0) is 13.6 Å². The van der Waals surface area contributed by atoms with Gasteiger partial charge < -0.3 is 4.52 Å². The highest BCUT2D eigenvalue weighted by molar-refractivity contribution is 7.55. The number of hydrogen-bond donors (Lipinski definition) is 0. The van der Waals surface area contributed by atoms with Gasteiger partial charge in [-0.15, -0.1) is 0 Å². The van der Waals surface area contributed by atoms with E-state index >= 15 is 0 Å². The summed E-state index contributed by atoms with van der Waals surface area (Å²) >= 11 is 0. The molecule has 0 amide bonds. The molecule has 2 unspecified atom stereocenters. The Balaban J connectivity index is 2.19. The number of hydrogen-bond acceptors (Lipinski definition) is 3. The molecule has 3 nitrogen and oxygen atoms in total. The van der Waals surface area contributed by atoms with E-state index in [1.807, 2.05) is 51.1 Å². The van der Waals surface area contributed by atoms with Gasteiger partial charge in [0.15, 0.2) is 0 Å². The largest absolute Gasteiger partial charge is 0.336 e. The van der Waals surface area contributed by atoms with Crippen molar-refractivity contribution in [1.29, 1.82) is 0 Å². The van der Waals surface area contributed by atoms with Gasteiger partial charge in [-0.3, -0.25) is 9.09 Å². The van der Waals surface area contributed by atoms with Gasteiger partial charge in [0.05, 0.1) is 11.8 Å². The van der Waals surface area contributed by atoms with E-state index in [4.69, 9.17) is 9.05 Å². The second kappa shape index (κ2) is 3.99. The molecule has 1 aromatic carbocycles. The zero-order valence-corrected chi connectivity index (χ0v) is 10.7. The molecular weight excluding hydrogens is 223 g/mol. The predicted molar refractivity (Wildman–Crippen MR) is 63.6 cm³/mol. The van der Waals surface area contributed by atoms with Crippen LogP contribution in [0.2, 0.25) is 0 Å². The van der Waals surface area contributed by atoms with Crippen molar-refractivity contribution in [3.8, 4) is 0 Å². The first kappa shape index (κ1) is 11.8. The smallest absolute Gasteiger partial charge is 0.305 e. The fraction of sp³-hybridized carbons (Fsp3) is 0.500. The molecule has 2 atom stereocenters. The Morgan fingerprint density at radius 1 is 1.25 bits per heavy atom. The average molecular weight is 240 g/mol. The van der Waals surface area contributed by atoms with Crippen LogP contribution in [0.4, 0.5) is 0 Å². The van der Waals surface area contributed by atoms with Crippen molar-refractivity contribution in [2.75, 3.05) is 6.61 Å². The molecule has 0 saturated carbocycles. The van der Waals surface area contributed by atoms with Crippen molar-refractivity contribution in [3.05, 3.63) is 35.9 Å². The van der Waals surface area contributed by atoms with Gasteiger partial charge in [0.25, 0.3) is 0 Å². The first-order valence-corrected chi connectivity index (χ1v) is 6.95. The molecular formula is C12H17O3P. The van der Waals surface area contributed by atoms with Crippen LogP contribution in [0.15, 0.2) is 30.3 Å². The van der Waals surface area contributed by atoms with Gasteiger partial charge in [0.2, 0.25) is 0 Å². The lowest BCUT2D eigenvalue weighted by molar-refractivity contribution is 0.236. The molecule has 1 heterocycles. The minimum Gasteiger partial charge on any atom is -0.305 e. The highest BCUT2D eigenvalue weighted by atomic mass is 31.2. The van der Waals surface area contributed by atoms with E-state index in [0.717, 1.165) is 5.56 Å². The van der Waals surface area contributed by atoms with Crippen LogP contribution in [0, 0.1) is 0 Å². The lowest BCUT2D eigenvalue weighted by Crippen LogP contribution is -2.14. The van der Waals surface area contributed by atoms with E-state index < -0.39 is 12.8 Å². The van der Waals surface area contributed by atoms with E-state index in [9.17, 15) is 4.57 Å². The van der Waals surface area contributed by atoms with Gasteiger partial charge in [0, 0.05) is 0 Å². The van der Waals surface area contributed by atoms with Crippen LogP contribution in [0.3, 0.4) is 0 Å². The van der Waals surface area contributed by atoms with Crippen LogP contribution in [-0.4, -0.2) is 11.8 Å².